The lowest BCUT2D eigenvalue weighted by Gasteiger charge is -2.26. The number of hydrogen-bond donors (Lipinski definition) is 2. The number of rotatable bonds is 55. The van der Waals surface area contributed by atoms with Crippen molar-refractivity contribution >= 4 is 87.9 Å². The highest BCUT2D eigenvalue weighted by atomic mass is 35.5. The van der Waals surface area contributed by atoms with Crippen molar-refractivity contribution in [1.82, 2.24) is 0 Å². The van der Waals surface area contributed by atoms with Gasteiger partial charge in [0.25, 0.3) is 0 Å². The van der Waals surface area contributed by atoms with E-state index in [0.29, 0.717) is 95.5 Å². The zero-order valence-electron chi connectivity index (χ0n) is 88.8. The van der Waals surface area contributed by atoms with Gasteiger partial charge in [-0.2, -0.15) is 0 Å². The lowest BCUT2D eigenvalue weighted by atomic mass is 9.78. The highest BCUT2D eigenvalue weighted by Crippen LogP contribution is 2.40. The normalized spacial score (nSPS) is 13.4. The van der Waals surface area contributed by atoms with Gasteiger partial charge in [0, 0.05) is 97.1 Å². The second-order valence-electron chi connectivity index (χ2n) is 38.8. The van der Waals surface area contributed by atoms with Crippen molar-refractivity contribution in [3.8, 4) is 57.5 Å². The molecule has 0 saturated heterocycles. The molecule has 0 bridgehead atoms. The molecule has 10 aromatic rings. The summed E-state index contributed by atoms with van der Waals surface area (Å²) in [6, 6.07) is 77.6. The molecular weight excluding hydrogens is 2040 g/mol. The van der Waals surface area contributed by atoms with E-state index in [1.807, 2.05) is 203 Å². The van der Waals surface area contributed by atoms with Crippen LogP contribution in [-0.4, -0.2) is 212 Å². The van der Waals surface area contributed by atoms with E-state index in [9.17, 15) is 56.1 Å². The fourth-order valence-corrected chi connectivity index (χ4v) is 15.1. The number of carbonyl (C=O) groups excluding carboxylic acids is 5. The molecule has 0 heterocycles. The van der Waals surface area contributed by atoms with Crippen LogP contribution in [0.5, 0.6) is 57.5 Å². The van der Waals surface area contributed by atoms with E-state index in [2.05, 4.69) is 106 Å². The molecule has 10 aromatic carbocycles. The number of aliphatic hydroxyl groups is 2. The summed E-state index contributed by atoms with van der Waals surface area (Å²) in [6.45, 7) is 31.8. The van der Waals surface area contributed by atoms with E-state index in [1.165, 1.54) is 34.6 Å². The SMILES string of the molecule is CC(=O)OC(CF)COc1ccc(C(C)(C)c2ccc(OCC(C)CCl)cc2)cc1.CC(=O)O[C@@H](CCl)COc1ccc(C(C)(C)c2ccc(OC[C@@H](O)CF)cc2)cc1.CC(=O)O[C@@H](CF)COc1ccc(C(C)(C)c2ccc(OC[C@H](C)CCl)cc2)cc1.CC(=O)O[C@H](CCl)COc1ccc(C(C)(C)c2ccc(OC[C@H](O)CF)cc2)cc1.CC(=O)O[C@H](CF)COc1ccc(C(C)(C)c2ccc(OC[C@@H](C)CCl)cc2)cc1. The van der Waals surface area contributed by atoms with Gasteiger partial charge >= 0.3 is 29.8 Å². The topological polar surface area (TPSA) is 264 Å². The summed E-state index contributed by atoms with van der Waals surface area (Å²) in [5.74, 6) is 7.33. The molecule has 22 nitrogen and oxygen atoms in total. The molecule has 820 valence electrons. The van der Waals surface area contributed by atoms with Gasteiger partial charge in [-0.25, -0.2) is 22.0 Å². The Morgan fingerprint density at radius 2 is 0.340 bits per heavy atom. The second kappa shape index (κ2) is 65.1. The van der Waals surface area contributed by atoms with Crippen molar-refractivity contribution in [2.24, 2.45) is 17.8 Å². The fraction of sp³-hybridized carbons (Fsp3) is 0.449. The van der Waals surface area contributed by atoms with Gasteiger partial charge in [0.2, 0.25) is 0 Å². The van der Waals surface area contributed by atoms with Crippen molar-refractivity contribution in [1.29, 1.82) is 0 Å². The molecule has 2 N–H and O–H groups in total. The van der Waals surface area contributed by atoms with Gasteiger partial charge in [0.15, 0.2) is 18.3 Å². The standard InChI is InChI=1S/3C24H30ClFO4.2C23H28ClFO5/c3*1-17(13-25)15-28-21-9-5-19(6-10-21)24(3,4)20-7-11-22(12-8-20)29-16-23(14-26)30-18(2)27;2*1-16(26)30-22(12-24)15-29-21-10-6-18(7-11-21)23(2,3)17-4-8-20(9-5-17)28-14-19(27)13-25/h3*5-12,17,23H,13-16H2,1-4H3;2*4-11,19,22,27H,12-15H2,1-3H3/t2*17-,23+;;2*19-,22-/m10.10/s1. The first-order chi connectivity index (χ1) is 71.3. The maximum Gasteiger partial charge on any atom is 0.303 e. The van der Waals surface area contributed by atoms with Crippen LogP contribution >= 0.6 is 58.0 Å². The van der Waals surface area contributed by atoms with Crippen LogP contribution in [0.25, 0.3) is 0 Å². The lowest BCUT2D eigenvalue weighted by Crippen LogP contribution is -2.26. The average Bonchev–Trinajstić information content (AvgIpc) is 0.818. The highest BCUT2D eigenvalue weighted by molar-refractivity contribution is 6.19. The smallest absolute Gasteiger partial charge is 0.303 e. The number of alkyl halides is 10. The molecule has 0 aliphatic carbocycles. The molecule has 0 amide bonds. The molecule has 0 radical (unpaired) electrons. The minimum atomic E-state index is -1.12. The molecule has 32 heteroatoms. The maximum atomic E-state index is 12.9. The molecule has 10 rings (SSSR count). The number of ether oxygens (including phenoxy) is 15. The Morgan fingerprint density at radius 1 is 0.213 bits per heavy atom. The number of halogens is 10. The van der Waals surface area contributed by atoms with Crippen molar-refractivity contribution in [2.75, 3.05) is 129 Å². The minimum Gasteiger partial charge on any atom is -0.493 e. The van der Waals surface area contributed by atoms with Crippen LogP contribution in [0.1, 0.15) is 180 Å². The van der Waals surface area contributed by atoms with E-state index in [-0.39, 0.29) is 85.1 Å². The summed E-state index contributed by atoms with van der Waals surface area (Å²) in [7, 11) is 0. The Labute approximate surface area is 906 Å². The number of benzene rings is 10. The number of esters is 5. The molecule has 0 saturated carbocycles. The summed E-state index contributed by atoms with van der Waals surface area (Å²) in [5, 5.41) is 18.5. The van der Waals surface area contributed by atoms with Crippen LogP contribution in [0.4, 0.5) is 22.0 Å². The summed E-state index contributed by atoms with van der Waals surface area (Å²) in [5.41, 5.74) is 9.92. The summed E-state index contributed by atoms with van der Waals surface area (Å²) >= 11 is 29.0. The Bertz CT molecular complexity index is 4750. The first-order valence-corrected chi connectivity index (χ1v) is 52.1. The van der Waals surface area contributed by atoms with Crippen LogP contribution < -0.4 is 47.4 Å². The van der Waals surface area contributed by atoms with E-state index in [4.69, 9.17) is 129 Å². The van der Waals surface area contributed by atoms with Gasteiger partial charge in [-0.3, -0.25) is 24.0 Å². The molecule has 150 heavy (non-hydrogen) atoms. The van der Waals surface area contributed by atoms with Crippen LogP contribution in [0, 0.1) is 17.8 Å². The Morgan fingerprint density at radius 3 is 0.460 bits per heavy atom. The van der Waals surface area contributed by atoms with E-state index in [0.717, 1.165) is 72.9 Å². The zero-order chi connectivity index (χ0) is 111. The average molecular weight is 2190 g/mol. The fourth-order valence-electron chi connectivity index (χ4n) is 14.5. The third-order valence-electron chi connectivity index (χ3n) is 24.1. The first-order valence-electron chi connectivity index (χ1n) is 49.4. The minimum absolute atomic E-state index is 0.0252. The highest BCUT2D eigenvalue weighted by Gasteiger charge is 2.31. The Hall–Kier alpha value is -11.4. The molecule has 0 aliphatic rings. The second-order valence-corrected chi connectivity index (χ2v) is 40.3. The summed E-state index contributed by atoms with van der Waals surface area (Å²) < 4.78 is 144. The molecule has 0 aromatic heterocycles. The van der Waals surface area contributed by atoms with Crippen molar-refractivity contribution in [2.45, 2.75) is 194 Å². The van der Waals surface area contributed by atoms with Crippen LogP contribution in [0.2, 0.25) is 0 Å². The van der Waals surface area contributed by atoms with Crippen molar-refractivity contribution in [3.63, 3.8) is 0 Å². The largest absolute Gasteiger partial charge is 0.493 e. The molecule has 2 unspecified atom stereocenters. The molecule has 10 atom stereocenters. The van der Waals surface area contributed by atoms with E-state index in [1.54, 1.807) is 24.3 Å². The number of aliphatic hydroxyl groups excluding tert-OH is 2. The quantitative estimate of drug-likeness (QED) is 0.0155. The van der Waals surface area contributed by atoms with Gasteiger partial charge in [0.05, 0.1) is 31.6 Å². The van der Waals surface area contributed by atoms with Crippen LogP contribution in [-0.2, 0) is 74.7 Å². The van der Waals surface area contributed by atoms with Gasteiger partial charge in [-0.15, -0.1) is 58.0 Å². The summed E-state index contributed by atoms with van der Waals surface area (Å²) in [6.07, 6.45) is -5.91. The van der Waals surface area contributed by atoms with Crippen LogP contribution in [0.3, 0.4) is 0 Å². The number of hydrogen-bond acceptors (Lipinski definition) is 22. The molecule has 0 spiro atoms. The van der Waals surface area contributed by atoms with Crippen molar-refractivity contribution < 1.29 is 127 Å². The van der Waals surface area contributed by atoms with Gasteiger partial charge in [0.1, 0.15) is 162 Å². The zero-order valence-corrected chi connectivity index (χ0v) is 92.6. The Kier molecular flexibility index (Phi) is 55.2. The molecule has 0 aliphatic heterocycles. The van der Waals surface area contributed by atoms with E-state index >= 15 is 0 Å². The predicted octanol–water partition coefficient (Wildman–Crippen LogP) is 25.2. The monoisotopic (exact) mass is 2180 g/mol. The third-order valence-corrected chi connectivity index (χ3v) is 26.4. The van der Waals surface area contributed by atoms with Crippen LogP contribution in [0.15, 0.2) is 243 Å². The molecule has 0 fully saturated rings. The Balaban J connectivity index is 0.000000286. The van der Waals surface area contributed by atoms with Gasteiger partial charge < -0.3 is 81.3 Å². The first kappa shape index (κ1) is 127. The van der Waals surface area contributed by atoms with E-state index < -0.39 is 106 Å². The summed E-state index contributed by atoms with van der Waals surface area (Å²) in [4.78, 5) is 55.0. The van der Waals surface area contributed by atoms with Gasteiger partial charge in [-0.05, 0) is 177 Å². The van der Waals surface area contributed by atoms with Gasteiger partial charge in [-0.1, -0.05) is 211 Å². The predicted molar refractivity (Wildman–Crippen MR) is 581 cm³/mol. The lowest BCUT2D eigenvalue weighted by molar-refractivity contribution is -0.149. The number of carbonyl (C=O) groups is 5. The third kappa shape index (κ3) is 44.1. The maximum absolute atomic E-state index is 12.9. The van der Waals surface area contributed by atoms with Crippen molar-refractivity contribution in [3.05, 3.63) is 298 Å². The molecular formula is C118H146Cl5F5O22.